The van der Waals surface area contributed by atoms with Crippen molar-refractivity contribution in [1.29, 1.82) is 0 Å². The number of hydrogen-bond donors (Lipinski definition) is 5. The summed E-state index contributed by atoms with van der Waals surface area (Å²) in [6.07, 6.45) is 9.05. The van der Waals surface area contributed by atoms with Gasteiger partial charge < -0.3 is 45.4 Å². The van der Waals surface area contributed by atoms with E-state index in [9.17, 15) is 19.2 Å². The molecule has 330 valence electrons. The summed E-state index contributed by atoms with van der Waals surface area (Å²) in [6.45, 7) is 12.9. The zero-order chi connectivity index (χ0) is 44.7. The van der Waals surface area contributed by atoms with Gasteiger partial charge in [0.05, 0.1) is 23.8 Å². The maximum atomic E-state index is 13.6. The first-order valence-corrected chi connectivity index (χ1v) is 20.5. The Morgan fingerprint density at radius 1 is 0.839 bits per heavy atom. The Kier molecular flexibility index (Phi) is 13.8. The number of ether oxygens (including phenoxy) is 3. The van der Waals surface area contributed by atoms with E-state index in [1.165, 1.54) is 13.2 Å². The normalized spacial score (nSPS) is 13.9. The third-order valence-electron chi connectivity index (χ3n) is 10.2. The number of carbonyl (C=O) groups excluding carboxylic acids is 4. The molecule has 2 aromatic carbocycles. The number of nitrogens with zero attached hydrogens (tertiary/aromatic N) is 7. The van der Waals surface area contributed by atoms with E-state index >= 15 is 0 Å². The van der Waals surface area contributed by atoms with Crippen molar-refractivity contribution in [1.82, 2.24) is 39.1 Å². The molecule has 19 heteroatoms. The molecule has 6 rings (SSSR count). The Bertz CT molecular complexity index is 2520. The number of rotatable bonds is 17. The molecular formula is C43H56N12O7. The zero-order valence-electron chi connectivity index (χ0n) is 36.3. The first kappa shape index (κ1) is 44.7. The number of likely N-dealkylation sites (tertiary alicyclic amines) is 1. The summed E-state index contributed by atoms with van der Waals surface area (Å²) in [5.74, 6) is -0.130. The maximum absolute atomic E-state index is 13.6. The molecule has 4 amide bonds. The highest BCUT2D eigenvalue weighted by molar-refractivity contribution is 6.04. The van der Waals surface area contributed by atoms with Gasteiger partial charge in [-0.2, -0.15) is 5.10 Å². The number of alkyl carbamates (subject to hydrolysis) is 1. The van der Waals surface area contributed by atoms with Crippen molar-refractivity contribution in [3.8, 4) is 11.5 Å². The minimum atomic E-state index is -0.648. The SMILES string of the molecule is CCn1nc(C)cc1C(=O)Nc1nc2cc(C(N)=O)cc(OC)c2n1C/C=C/Cn1c(NC)nc2cc(C(N)=O)cc(OC/C=C\CN3CCC(NC(=O)OC(C)(C)C)CC3)c21. The van der Waals surface area contributed by atoms with Crippen LogP contribution in [-0.4, -0.2) is 110 Å². The fraction of sp³-hybridized carbons (Fsp3) is 0.419. The highest BCUT2D eigenvalue weighted by Crippen LogP contribution is 2.33. The smallest absolute Gasteiger partial charge is 0.407 e. The van der Waals surface area contributed by atoms with Crippen LogP contribution in [0.4, 0.5) is 16.7 Å². The molecule has 0 spiro atoms. The molecule has 1 fully saturated rings. The van der Waals surface area contributed by atoms with Gasteiger partial charge >= 0.3 is 6.09 Å². The number of carbonyl (C=O) groups is 4. The molecule has 0 aliphatic carbocycles. The first-order chi connectivity index (χ1) is 29.6. The van der Waals surface area contributed by atoms with E-state index in [1.54, 1.807) is 40.6 Å². The highest BCUT2D eigenvalue weighted by Gasteiger charge is 2.24. The second-order valence-electron chi connectivity index (χ2n) is 15.9. The number of nitrogens with one attached hydrogen (secondary N) is 3. The molecule has 0 atom stereocenters. The quantitative estimate of drug-likeness (QED) is 0.0808. The number of imidazole rings is 2. The molecule has 0 radical (unpaired) electrons. The molecule has 1 aliphatic rings. The van der Waals surface area contributed by atoms with E-state index in [1.807, 2.05) is 63.5 Å². The molecule has 7 N–H and O–H groups in total. The van der Waals surface area contributed by atoms with Gasteiger partial charge in [0.2, 0.25) is 23.7 Å². The van der Waals surface area contributed by atoms with E-state index < -0.39 is 29.4 Å². The van der Waals surface area contributed by atoms with E-state index in [0.29, 0.717) is 70.5 Å². The fourth-order valence-electron chi connectivity index (χ4n) is 7.31. The average molecular weight is 853 g/mol. The molecule has 19 nitrogen and oxygen atoms in total. The number of allylic oxidation sites excluding steroid dienone is 2. The van der Waals surface area contributed by atoms with Crippen molar-refractivity contribution < 1.29 is 33.4 Å². The third-order valence-corrected chi connectivity index (χ3v) is 10.2. The Hall–Kier alpha value is -6.89. The lowest BCUT2D eigenvalue weighted by atomic mass is 10.1. The first-order valence-electron chi connectivity index (χ1n) is 20.5. The van der Waals surface area contributed by atoms with Crippen molar-refractivity contribution in [3.63, 3.8) is 0 Å². The molecule has 5 aromatic rings. The van der Waals surface area contributed by atoms with Gasteiger partial charge in [0.15, 0.2) is 0 Å². The van der Waals surface area contributed by atoms with Crippen molar-refractivity contribution in [3.05, 3.63) is 77.2 Å². The van der Waals surface area contributed by atoms with Gasteiger partial charge in [0.25, 0.3) is 5.91 Å². The van der Waals surface area contributed by atoms with E-state index in [4.69, 9.17) is 30.7 Å². The standard InChI is InChI=1S/C43H56N12O7/c1-8-55-32(21-26(2)51-55)39(58)50-41-49-30-22-27(37(44)56)24-33(60-7)35(30)54(41)17-10-9-16-53-36-31(48-40(53)46-6)23-28(38(45)57)25-34(36)61-20-12-11-15-52-18-13-29(14-19-52)47-42(59)62-43(3,4)5/h9-12,21-25,29H,8,13-20H2,1-7H3,(H2,44,56)(H2,45,57)(H,46,48)(H,47,59)(H,49,50,58)/b10-9+,12-11-. The van der Waals surface area contributed by atoms with Crippen LogP contribution in [0, 0.1) is 6.92 Å². The molecule has 1 saturated heterocycles. The molecular weight excluding hydrogens is 797 g/mol. The molecule has 0 saturated carbocycles. The second-order valence-corrected chi connectivity index (χ2v) is 15.9. The van der Waals surface area contributed by atoms with Gasteiger partial charge in [0, 0.05) is 63.5 Å². The van der Waals surface area contributed by atoms with Crippen LogP contribution < -0.4 is 36.9 Å². The van der Waals surface area contributed by atoms with Crippen molar-refractivity contribution in [2.75, 3.05) is 51.0 Å². The predicted octanol–water partition coefficient (Wildman–Crippen LogP) is 4.59. The van der Waals surface area contributed by atoms with Crippen LogP contribution in [0.2, 0.25) is 0 Å². The lowest BCUT2D eigenvalue weighted by Gasteiger charge is -2.32. The van der Waals surface area contributed by atoms with E-state index in [-0.39, 0.29) is 36.3 Å². The fourth-order valence-corrected chi connectivity index (χ4v) is 7.31. The number of benzene rings is 2. The zero-order valence-corrected chi connectivity index (χ0v) is 36.3. The van der Waals surface area contributed by atoms with E-state index in [0.717, 1.165) is 25.9 Å². The lowest BCUT2D eigenvalue weighted by molar-refractivity contribution is 0.0480. The van der Waals surface area contributed by atoms with Crippen LogP contribution in [-0.2, 0) is 24.4 Å². The third kappa shape index (κ3) is 10.5. The van der Waals surface area contributed by atoms with Gasteiger partial charge in [-0.25, -0.2) is 14.8 Å². The van der Waals surface area contributed by atoms with Crippen molar-refractivity contribution in [2.24, 2.45) is 11.5 Å². The number of hydrogen-bond acceptors (Lipinski definition) is 12. The number of fused-ring (bicyclic) bond motifs is 2. The predicted molar refractivity (Wildman–Crippen MR) is 236 cm³/mol. The second kappa shape index (κ2) is 19.2. The number of primary amides is 2. The summed E-state index contributed by atoms with van der Waals surface area (Å²) >= 11 is 0. The Morgan fingerprint density at radius 3 is 2.00 bits per heavy atom. The Morgan fingerprint density at radius 2 is 1.42 bits per heavy atom. The maximum Gasteiger partial charge on any atom is 0.407 e. The summed E-state index contributed by atoms with van der Waals surface area (Å²) in [5, 5.41) is 13.4. The number of piperidine rings is 1. The summed E-state index contributed by atoms with van der Waals surface area (Å²) in [7, 11) is 3.23. The highest BCUT2D eigenvalue weighted by atomic mass is 16.6. The monoisotopic (exact) mass is 852 g/mol. The molecule has 4 heterocycles. The van der Waals surface area contributed by atoms with Gasteiger partial charge in [-0.1, -0.05) is 24.3 Å². The van der Waals surface area contributed by atoms with Crippen molar-refractivity contribution in [2.45, 2.75) is 78.7 Å². The number of aryl methyl sites for hydroxylation is 2. The van der Waals surface area contributed by atoms with Crippen LogP contribution in [0.1, 0.15) is 77.4 Å². The number of nitrogens with two attached hydrogens (primary N) is 2. The van der Waals surface area contributed by atoms with Crippen LogP contribution in [0.3, 0.4) is 0 Å². The number of methoxy groups -OCH3 is 1. The van der Waals surface area contributed by atoms with Gasteiger partial charge in [0.1, 0.15) is 40.4 Å². The van der Waals surface area contributed by atoms with Crippen LogP contribution in [0.25, 0.3) is 22.1 Å². The minimum absolute atomic E-state index is 0.0695. The topological polar surface area (TPSA) is 241 Å². The number of amides is 4. The molecule has 1 aliphatic heterocycles. The number of aromatic nitrogens is 6. The summed E-state index contributed by atoms with van der Waals surface area (Å²) in [5.41, 5.74) is 14.4. The Balaban J connectivity index is 1.19. The lowest BCUT2D eigenvalue weighted by Crippen LogP contribution is -2.46. The van der Waals surface area contributed by atoms with Gasteiger partial charge in [-0.3, -0.25) is 29.3 Å². The van der Waals surface area contributed by atoms with E-state index in [2.05, 4.69) is 30.9 Å². The van der Waals surface area contributed by atoms with Crippen LogP contribution in [0.15, 0.2) is 54.6 Å². The number of anilines is 2. The minimum Gasteiger partial charge on any atom is -0.494 e. The summed E-state index contributed by atoms with van der Waals surface area (Å²) < 4.78 is 22.7. The molecule has 62 heavy (non-hydrogen) atoms. The Labute approximate surface area is 359 Å². The largest absolute Gasteiger partial charge is 0.494 e. The van der Waals surface area contributed by atoms with Crippen LogP contribution in [0.5, 0.6) is 11.5 Å². The van der Waals surface area contributed by atoms with Gasteiger partial charge in [-0.05, 0) is 77.8 Å². The molecule has 3 aromatic heterocycles. The van der Waals surface area contributed by atoms with Crippen LogP contribution >= 0.6 is 0 Å². The average Bonchev–Trinajstić information content (AvgIpc) is 3.90. The summed E-state index contributed by atoms with van der Waals surface area (Å²) in [6, 6.07) is 8.12. The summed E-state index contributed by atoms with van der Waals surface area (Å²) in [4.78, 5) is 62.0. The molecule has 0 bridgehead atoms. The molecule has 0 unspecified atom stereocenters. The van der Waals surface area contributed by atoms with Crippen molar-refractivity contribution >= 4 is 57.8 Å². The van der Waals surface area contributed by atoms with Gasteiger partial charge in [-0.15, -0.1) is 0 Å².